The minimum absolute atomic E-state index is 0.00294. The first-order chi connectivity index (χ1) is 66.0. The number of aromatic amines is 2. The van der Waals surface area contributed by atoms with Gasteiger partial charge in [-0.2, -0.15) is 0 Å². The fourth-order valence-electron chi connectivity index (χ4n) is 15.4. The van der Waals surface area contributed by atoms with Crippen molar-refractivity contribution in [1.29, 1.82) is 0 Å². The largest absolute Gasteiger partial charge is 0.462 e. The first-order valence-electron chi connectivity index (χ1n) is 48.5. The number of fused-ring (bicyclic) bond motifs is 20. The van der Waals surface area contributed by atoms with Gasteiger partial charge in [0.1, 0.15) is 0 Å². The van der Waals surface area contributed by atoms with Gasteiger partial charge in [-0.25, -0.2) is 67.5 Å². The van der Waals surface area contributed by atoms with Crippen LogP contribution in [0.1, 0.15) is 361 Å². The number of nitrogens with zero attached hydrogens (tertiary/aromatic N) is 2. The van der Waals surface area contributed by atoms with E-state index in [9.17, 15) is 0 Å². The summed E-state index contributed by atoms with van der Waals surface area (Å²) >= 11 is 0. The maximum atomic E-state index is 15.4. The van der Waals surface area contributed by atoms with Gasteiger partial charge >= 0.3 is 71.6 Å². The number of carbonyl (C=O) groups excluding carboxylic acids is 12. The number of hydrogen-bond donors (Lipinski definition) is 2. The highest BCUT2D eigenvalue weighted by Crippen LogP contribution is 2.51. The van der Waals surface area contributed by atoms with Crippen molar-refractivity contribution < 1.29 is 114 Å². The molecule has 0 amide bonds. The molecule has 0 saturated carbocycles. The summed E-state index contributed by atoms with van der Waals surface area (Å²) in [6.07, 6.45) is 12.6. The molecule has 0 aliphatic carbocycles. The summed E-state index contributed by atoms with van der Waals surface area (Å²) in [4.78, 5) is 202. The van der Waals surface area contributed by atoms with Crippen molar-refractivity contribution in [2.75, 3.05) is 79.3 Å². The van der Waals surface area contributed by atoms with Crippen LogP contribution in [0.3, 0.4) is 0 Å². The SMILES string of the molecule is CCCCOC(=O)c1cc(C(=O)OCCCC)cc(-c2c3nc(cc4[nH]c(c(-c5cc(C(=O)OCCCC)cc(C(=O)OCCCC)c5)c5nc(cc6[nH]c2c2cc(C(=O)OCCCC)c(C(=O)OCCCC)cc62)-c2cc(C(=O)OCCCC)c(C(=O)OCCCC)cc2-5)c2cc(C(=O)OCCCC)c(C(=O)OCCCC)cc42)-c2cc(C(=O)OCCCC)c(C(=O)OCCCC)cc2-3)c1. The zero-order chi connectivity index (χ0) is 97.5. The molecule has 28 heteroatoms. The molecule has 6 aromatic carbocycles. The number of nitrogens with one attached hydrogen (secondary N) is 2. The Hall–Kier alpha value is -13.4. The smallest absolute Gasteiger partial charge is 0.339 e. The number of rotatable bonds is 50. The monoisotopic (exact) mass is 1860 g/mol. The molecule has 0 radical (unpaired) electrons. The Labute approximate surface area is 793 Å². The summed E-state index contributed by atoms with van der Waals surface area (Å²) in [6, 6.07) is 23.4. The summed E-state index contributed by atoms with van der Waals surface area (Å²) < 4.78 is 72.5. The molecular weight excluding hydrogens is 1740 g/mol. The second-order valence-electron chi connectivity index (χ2n) is 33.8. The molecule has 2 aliphatic rings. The van der Waals surface area contributed by atoms with Crippen LogP contribution in [0.5, 0.6) is 0 Å². The first kappa shape index (κ1) is 103. The molecule has 0 spiro atoms. The maximum Gasteiger partial charge on any atom is 0.339 e. The van der Waals surface area contributed by atoms with E-state index in [-0.39, 0.29) is 257 Å². The van der Waals surface area contributed by atoms with E-state index in [1.807, 2.05) is 83.1 Å². The fourth-order valence-corrected chi connectivity index (χ4v) is 15.4. The molecule has 28 nitrogen and oxygen atoms in total. The zero-order valence-electron chi connectivity index (χ0n) is 80.4. The van der Waals surface area contributed by atoms with Gasteiger partial charge in [-0.15, -0.1) is 0 Å². The molecule has 9 aromatic rings. The minimum Gasteiger partial charge on any atom is -0.462 e. The van der Waals surface area contributed by atoms with Gasteiger partial charge in [-0.05, 0) is 185 Å². The Bertz CT molecular complexity index is 5660. The van der Waals surface area contributed by atoms with Crippen LogP contribution in [0.25, 0.3) is 111 Å². The van der Waals surface area contributed by atoms with Crippen LogP contribution in [0.15, 0.2) is 97.1 Å². The molecule has 0 unspecified atom stereocenters. The lowest BCUT2D eigenvalue weighted by molar-refractivity contribution is 0.0452. The van der Waals surface area contributed by atoms with Gasteiger partial charge in [0.05, 0.1) is 180 Å². The number of H-pyrrole nitrogens is 2. The quantitative estimate of drug-likeness (QED) is 0.0203. The summed E-state index contributed by atoms with van der Waals surface area (Å²) in [5, 5.41) is 0.500. The number of aromatic nitrogens is 4. The predicted molar refractivity (Wildman–Crippen MR) is 518 cm³/mol. The van der Waals surface area contributed by atoms with Crippen LogP contribution in [0, 0.1) is 0 Å². The Morgan fingerprint density at radius 2 is 0.397 bits per heavy atom. The second-order valence-corrected chi connectivity index (χ2v) is 33.8. The summed E-state index contributed by atoms with van der Waals surface area (Å²) in [6.45, 7) is 22.3. The Morgan fingerprint density at radius 3 is 0.603 bits per heavy atom. The van der Waals surface area contributed by atoms with Crippen LogP contribution in [0.2, 0.25) is 0 Å². The summed E-state index contributed by atoms with van der Waals surface area (Å²) in [7, 11) is 0. The highest BCUT2D eigenvalue weighted by molar-refractivity contribution is 6.23. The summed E-state index contributed by atoms with van der Waals surface area (Å²) in [5.74, 6) is -10.9. The molecule has 11 rings (SSSR count). The summed E-state index contributed by atoms with van der Waals surface area (Å²) in [5.41, 5.74) is -2.37. The standard InChI is InChI=1S/C108H126N4O24/c1-13-25-37-125-97(113)67-49-65(50-68(53-67)98(114)126-38-26-14-2)91-93-75-59-83(105(121)133-45-33-21-9)79(101(117)129-41-29-17-5)55-71(75)87(109-93)63-89-73-57-81(103(119)131-43-31-19-7)85(107(123)135-47-35-23-11)61-77(73)95(111-89)92(66-51-69(99(115)127-39-27-15-3)54-70(52-66)100(116)128-40-28-16-4)96-78-62-86(108(124)136-48-36-24-12)82(104(120)132-44-32-20-8)58-74(78)90(112-96)64-88-72-56-80(102(118)130-42-30-18-6)84(60-76(72)94(91)110-88)106(122)134-46-34-22-10/h49-64,109,112H,13-48H2,1-12H3. The first-order valence-corrected chi connectivity index (χ1v) is 48.5. The lowest BCUT2D eigenvalue weighted by atomic mass is 9.90. The van der Waals surface area contributed by atoms with Gasteiger partial charge in [-0.3, -0.25) is 0 Å². The molecule has 0 atom stereocenters. The lowest BCUT2D eigenvalue weighted by Gasteiger charge is -2.15. The number of esters is 12. The molecule has 3 aromatic heterocycles. The van der Waals surface area contributed by atoms with E-state index in [0.29, 0.717) is 154 Å². The molecule has 8 bridgehead atoms. The number of hydrogen-bond acceptors (Lipinski definition) is 26. The van der Waals surface area contributed by atoms with E-state index in [1.54, 1.807) is 12.1 Å². The number of carbonyl (C=O) groups is 12. The van der Waals surface area contributed by atoms with E-state index in [2.05, 4.69) is 9.97 Å². The number of benzene rings is 6. The molecule has 5 heterocycles. The van der Waals surface area contributed by atoms with Crippen molar-refractivity contribution in [3.8, 4) is 67.3 Å². The van der Waals surface area contributed by atoms with E-state index >= 15 is 57.5 Å². The topological polar surface area (TPSA) is 373 Å². The third-order valence-electron chi connectivity index (χ3n) is 23.2. The lowest BCUT2D eigenvalue weighted by Crippen LogP contribution is -2.15. The number of ether oxygens (including phenoxy) is 12. The highest BCUT2D eigenvalue weighted by Gasteiger charge is 2.36. The van der Waals surface area contributed by atoms with Gasteiger partial charge in [-0.1, -0.05) is 160 Å². The van der Waals surface area contributed by atoms with E-state index in [4.69, 9.17) is 66.8 Å². The molecule has 2 N–H and O–H groups in total. The average molecular weight is 1860 g/mol. The third-order valence-corrected chi connectivity index (χ3v) is 23.2. The average Bonchev–Trinajstić information content (AvgIpc) is 1.56. The van der Waals surface area contributed by atoms with Crippen molar-refractivity contribution in [1.82, 2.24) is 19.9 Å². The molecular formula is C108H126N4O24. The van der Waals surface area contributed by atoms with Crippen LogP contribution >= 0.6 is 0 Å². The predicted octanol–water partition coefficient (Wildman–Crippen LogP) is 24.1. The van der Waals surface area contributed by atoms with Crippen molar-refractivity contribution in [2.24, 2.45) is 0 Å². The normalized spacial score (nSPS) is 11.3. The van der Waals surface area contributed by atoms with Gasteiger partial charge in [0.25, 0.3) is 0 Å². The van der Waals surface area contributed by atoms with Gasteiger partial charge in [0.15, 0.2) is 0 Å². The van der Waals surface area contributed by atoms with E-state index in [0.717, 1.165) is 0 Å². The van der Waals surface area contributed by atoms with Crippen LogP contribution in [0.4, 0.5) is 0 Å². The highest BCUT2D eigenvalue weighted by atomic mass is 16.6. The molecule has 136 heavy (non-hydrogen) atoms. The molecule has 0 saturated heterocycles. The van der Waals surface area contributed by atoms with E-state index in [1.165, 1.54) is 84.9 Å². The van der Waals surface area contributed by atoms with E-state index < -0.39 is 71.6 Å². The van der Waals surface area contributed by atoms with Crippen LogP contribution in [-0.4, -0.2) is 171 Å². The van der Waals surface area contributed by atoms with Crippen LogP contribution < -0.4 is 0 Å². The Morgan fingerprint density at radius 1 is 0.213 bits per heavy atom. The Kier molecular flexibility index (Phi) is 38.5. The fraction of sp³-hybridized carbons (Fsp3) is 0.444. The minimum atomic E-state index is -0.941. The zero-order valence-corrected chi connectivity index (χ0v) is 80.4. The molecule has 0 fully saturated rings. The Balaban J connectivity index is 1.55. The number of unbranched alkanes of at least 4 members (excludes halogenated alkanes) is 12. The van der Waals surface area contributed by atoms with Crippen molar-refractivity contribution >= 4 is 115 Å². The van der Waals surface area contributed by atoms with Crippen molar-refractivity contribution in [2.45, 2.75) is 237 Å². The van der Waals surface area contributed by atoms with Gasteiger partial charge in [0, 0.05) is 66.0 Å². The van der Waals surface area contributed by atoms with Crippen molar-refractivity contribution in [3.63, 3.8) is 0 Å². The maximum absolute atomic E-state index is 15.4. The molecule has 2 aliphatic heterocycles. The van der Waals surface area contributed by atoms with Crippen LogP contribution in [-0.2, 0) is 56.8 Å². The molecule has 722 valence electrons. The van der Waals surface area contributed by atoms with Gasteiger partial charge < -0.3 is 66.8 Å². The second kappa shape index (κ2) is 50.8. The van der Waals surface area contributed by atoms with Crippen molar-refractivity contribution in [3.05, 3.63) is 164 Å². The third kappa shape index (κ3) is 25.0. The van der Waals surface area contributed by atoms with Gasteiger partial charge in [0.2, 0.25) is 0 Å².